The molecule has 1 saturated heterocycles. The number of benzene rings is 2. The van der Waals surface area contributed by atoms with E-state index in [0.717, 1.165) is 30.0 Å². The number of nitrogens with one attached hydrogen (secondary N) is 1. The van der Waals surface area contributed by atoms with Crippen LogP contribution in [-0.4, -0.2) is 52.6 Å². The normalized spacial score (nSPS) is 23.4. The van der Waals surface area contributed by atoms with Gasteiger partial charge in [-0.05, 0) is 30.0 Å². The van der Waals surface area contributed by atoms with Gasteiger partial charge in [-0.3, -0.25) is 14.6 Å². The van der Waals surface area contributed by atoms with Crippen molar-refractivity contribution in [1.29, 1.82) is 0 Å². The molecule has 0 radical (unpaired) electrons. The van der Waals surface area contributed by atoms with Gasteiger partial charge in [0.1, 0.15) is 5.54 Å². The number of rotatable bonds is 5. The molecule has 2 atom stereocenters. The SMILES string of the molecule is C[C@]1(c2ccccc2)NC(=O)N(C[C@H](O)CN2CCc3ccccc3C2)C1=O. The van der Waals surface area contributed by atoms with Crippen molar-refractivity contribution in [2.75, 3.05) is 19.6 Å². The number of carbonyl (C=O) groups excluding carboxylic acids is 2. The van der Waals surface area contributed by atoms with Gasteiger partial charge in [0.2, 0.25) is 0 Å². The molecule has 0 aliphatic carbocycles. The molecule has 1 fully saturated rings. The van der Waals surface area contributed by atoms with Crippen LogP contribution >= 0.6 is 0 Å². The van der Waals surface area contributed by atoms with Crippen LogP contribution in [0.4, 0.5) is 4.79 Å². The minimum absolute atomic E-state index is 0.00869. The van der Waals surface area contributed by atoms with E-state index in [4.69, 9.17) is 0 Å². The second kappa shape index (κ2) is 7.37. The van der Waals surface area contributed by atoms with Gasteiger partial charge in [0.15, 0.2) is 0 Å². The van der Waals surface area contributed by atoms with Crippen LogP contribution in [0, 0.1) is 0 Å². The van der Waals surface area contributed by atoms with Gasteiger partial charge in [0.25, 0.3) is 5.91 Å². The molecular weight excluding hydrogens is 354 g/mol. The van der Waals surface area contributed by atoms with Crippen molar-refractivity contribution in [3.63, 3.8) is 0 Å². The molecule has 2 N–H and O–H groups in total. The molecule has 0 aromatic heterocycles. The van der Waals surface area contributed by atoms with Gasteiger partial charge in [-0.2, -0.15) is 0 Å². The van der Waals surface area contributed by atoms with Crippen molar-refractivity contribution in [2.45, 2.75) is 31.5 Å². The molecule has 6 nitrogen and oxygen atoms in total. The lowest BCUT2D eigenvalue weighted by Gasteiger charge is -2.31. The number of aliphatic hydroxyl groups is 1. The van der Waals surface area contributed by atoms with Crippen molar-refractivity contribution in [3.05, 3.63) is 71.3 Å². The smallest absolute Gasteiger partial charge is 0.325 e. The average molecular weight is 379 g/mol. The molecule has 146 valence electrons. The summed E-state index contributed by atoms with van der Waals surface area (Å²) in [7, 11) is 0. The Kier molecular flexibility index (Phi) is 4.91. The zero-order chi connectivity index (χ0) is 19.7. The molecule has 2 aliphatic heterocycles. The molecule has 2 aromatic carbocycles. The van der Waals surface area contributed by atoms with Gasteiger partial charge in [-0.15, -0.1) is 0 Å². The summed E-state index contributed by atoms with van der Waals surface area (Å²) < 4.78 is 0. The second-order valence-electron chi connectivity index (χ2n) is 7.74. The number of fused-ring (bicyclic) bond motifs is 1. The number of hydrogen-bond acceptors (Lipinski definition) is 4. The van der Waals surface area contributed by atoms with Crippen LogP contribution in [0.3, 0.4) is 0 Å². The third-order valence-corrected chi connectivity index (χ3v) is 5.70. The van der Waals surface area contributed by atoms with E-state index in [-0.39, 0.29) is 12.5 Å². The first-order valence-corrected chi connectivity index (χ1v) is 9.64. The fourth-order valence-corrected chi connectivity index (χ4v) is 4.11. The van der Waals surface area contributed by atoms with Gasteiger partial charge in [-0.25, -0.2) is 4.79 Å². The maximum absolute atomic E-state index is 12.9. The highest BCUT2D eigenvalue weighted by Gasteiger charge is 2.49. The Labute approximate surface area is 164 Å². The van der Waals surface area contributed by atoms with Crippen LogP contribution in [-0.2, 0) is 23.3 Å². The van der Waals surface area contributed by atoms with E-state index in [0.29, 0.717) is 6.54 Å². The lowest BCUT2D eigenvalue weighted by molar-refractivity contribution is -0.132. The number of urea groups is 1. The van der Waals surface area contributed by atoms with Crippen molar-refractivity contribution < 1.29 is 14.7 Å². The summed E-state index contributed by atoms with van der Waals surface area (Å²) >= 11 is 0. The van der Waals surface area contributed by atoms with E-state index < -0.39 is 17.7 Å². The molecule has 28 heavy (non-hydrogen) atoms. The Bertz CT molecular complexity index is 886. The first kappa shape index (κ1) is 18.7. The monoisotopic (exact) mass is 379 g/mol. The molecule has 0 unspecified atom stereocenters. The highest BCUT2D eigenvalue weighted by Crippen LogP contribution is 2.28. The van der Waals surface area contributed by atoms with Gasteiger partial charge >= 0.3 is 6.03 Å². The zero-order valence-corrected chi connectivity index (χ0v) is 16.0. The largest absolute Gasteiger partial charge is 0.390 e. The van der Waals surface area contributed by atoms with E-state index in [1.807, 2.05) is 42.5 Å². The summed E-state index contributed by atoms with van der Waals surface area (Å²) in [5.74, 6) is -0.327. The van der Waals surface area contributed by atoms with E-state index in [2.05, 4.69) is 22.3 Å². The third kappa shape index (κ3) is 3.41. The summed E-state index contributed by atoms with van der Waals surface area (Å²) in [5.41, 5.74) is 2.26. The van der Waals surface area contributed by atoms with Crippen molar-refractivity contribution in [2.24, 2.45) is 0 Å². The number of aliphatic hydroxyl groups excluding tert-OH is 1. The lowest BCUT2D eigenvalue weighted by atomic mass is 9.92. The van der Waals surface area contributed by atoms with Gasteiger partial charge in [0, 0.05) is 19.6 Å². The summed E-state index contributed by atoms with van der Waals surface area (Å²) in [6.45, 7) is 3.75. The van der Waals surface area contributed by atoms with E-state index in [1.54, 1.807) is 6.92 Å². The minimum atomic E-state index is -1.10. The first-order chi connectivity index (χ1) is 13.5. The van der Waals surface area contributed by atoms with Crippen molar-refractivity contribution >= 4 is 11.9 Å². The van der Waals surface area contributed by atoms with E-state index in [1.165, 1.54) is 11.1 Å². The van der Waals surface area contributed by atoms with Crippen molar-refractivity contribution in [1.82, 2.24) is 15.1 Å². The fraction of sp³-hybridized carbons (Fsp3) is 0.364. The Balaban J connectivity index is 1.40. The highest BCUT2D eigenvalue weighted by molar-refractivity contribution is 6.07. The summed E-state index contributed by atoms with van der Waals surface area (Å²) in [5, 5.41) is 13.4. The number of amides is 3. The molecule has 4 rings (SSSR count). The van der Waals surface area contributed by atoms with Crippen LogP contribution in [0.5, 0.6) is 0 Å². The molecular formula is C22H25N3O3. The minimum Gasteiger partial charge on any atom is -0.390 e. The van der Waals surface area contributed by atoms with E-state index >= 15 is 0 Å². The van der Waals surface area contributed by atoms with Gasteiger partial charge in [0.05, 0.1) is 12.6 Å². The lowest BCUT2D eigenvalue weighted by Crippen LogP contribution is -2.45. The van der Waals surface area contributed by atoms with E-state index in [9.17, 15) is 14.7 Å². The van der Waals surface area contributed by atoms with Crippen molar-refractivity contribution in [3.8, 4) is 0 Å². The maximum Gasteiger partial charge on any atom is 0.325 e. The fourth-order valence-electron chi connectivity index (χ4n) is 4.11. The Hall–Kier alpha value is -2.70. The summed E-state index contributed by atoms with van der Waals surface area (Å²) in [6.07, 6.45) is 0.149. The molecule has 2 heterocycles. The van der Waals surface area contributed by atoms with Crippen LogP contribution in [0.15, 0.2) is 54.6 Å². The van der Waals surface area contributed by atoms with Crippen LogP contribution < -0.4 is 5.32 Å². The first-order valence-electron chi connectivity index (χ1n) is 9.64. The molecule has 0 saturated carbocycles. The molecule has 3 amide bonds. The second-order valence-corrected chi connectivity index (χ2v) is 7.74. The molecule has 2 aromatic rings. The Morgan fingerprint density at radius 2 is 1.71 bits per heavy atom. The standard InChI is InChI=1S/C22H25N3O3/c1-22(18-9-3-2-4-10-18)20(27)25(21(28)23-22)15-19(26)14-24-12-11-16-7-5-6-8-17(16)13-24/h2-10,19,26H,11-15H2,1H3,(H,23,28)/t19-,22-/m1/s1. The zero-order valence-electron chi connectivity index (χ0n) is 16.0. The number of imide groups is 1. The van der Waals surface area contributed by atoms with Crippen LogP contribution in [0.25, 0.3) is 0 Å². The quantitative estimate of drug-likeness (QED) is 0.778. The van der Waals surface area contributed by atoms with Crippen LogP contribution in [0.2, 0.25) is 0 Å². The number of β-amino-alcohol motifs (C(OH)–C–C–N with tert-alkyl or cyclic N) is 1. The van der Waals surface area contributed by atoms with Gasteiger partial charge < -0.3 is 10.4 Å². The molecule has 0 bridgehead atoms. The Morgan fingerprint density at radius 1 is 1.04 bits per heavy atom. The summed E-state index contributed by atoms with van der Waals surface area (Å²) in [4.78, 5) is 28.7. The predicted octanol–water partition coefficient (Wildman–Crippen LogP) is 1.87. The Morgan fingerprint density at radius 3 is 2.46 bits per heavy atom. The predicted molar refractivity (Wildman–Crippen MR) is 105 cm³/mol. The molecule has 6 heteroatoms. The highest BCUT2D eigenvalue weighted by atomic mass is 16.3. The number of hydrogen-bond donors (Lipinski definition) is 2. The topological polar surface area (TPSA) is 72.9 Å². The number of carbonyl (C=O) groups is 2. The average Bonchev–Trinajstić information content (AvgIpc) is 2.92. The maximum atomic E-state index is 12.9. The molecule has 2 aliphatic rings. The number of nitrogens with zero attached hydrogens (tertiary/aromatic N) is 2. The molecule has 0 spiro atoms. The third-order valence-electron chi connectivity index (χ3n) is 5.70. The summed E-state index contributed by atoms with van der Waals surface area (Å²) in [6, 6.07) is 17.0. The van der Waals surface area contributed by atoms with Crippen LogP contribution in [0.1, 0.15) is 23.6 Å². The van der Waals surface area contributed by atoms with Gasteiger partial charge in [-0.1, -0.05) is 54.6 Å².